The van der Waals surface area contributed by atoms with E-state index in [1.54, 1.807) is 18.3 Å². The van der Waals surface area contributed by atoms with E-state index in [4.69, 9.17) is 4.74 Å². The summed E-state index contributed by atoms with van der Waals surface area (Å²) in [6.45, 7) is 7.68. The maximum absolute atomic E-state index is 12.3. The Bertz CT molecular complexity index is 752. The third kappa shape index (κ3) is 4.60. The first kappa shape index (κ1) is 18.8. The van der Waals surface area contributed by atoms with Gasteiger partial charge < -0.3 is 15.0 Å². The molecule has 3 heterocycles. The maximum atomic E-state index is 12.3. The predicted molar refractivity (Wildman–Crippen MR) is 104 cm³/mol. The van der Waals surface area contributed by atoms with E-state index in [0.29, 0.717) is 23.0 Å². The first-order valence-corrected chi connectivity index (χ1v) is 10.2. The molecule has 0 atom stereocenters. The summed E-state index contributed by atoms with van der Waals surface area (Å²) in [5, 5.41) is 6.58. The Kier molecular flexibility index (Phi) is 6.23. The topological polar surface area (TPSA) is 74.8 Å². The van der Waals surface area contributed by atoms with E-state index >= 15 is 0 Å². The van der Waals surface area contributed by atoms with Crippen LogP contribution >= 0.6 is 22.7 Å². The number of rotatable bonds is 6. The van der Waals surface area contributed by atoms with Gasteiger partial charge in [-0.3, -0.25) is 9.69 Å². The zero-order valence-corrected chi connectivity index (χ0v) is 16.5. The number of esters is 1. The molecule has 7 nitrogen and oxygen atoms in total. The van der Waals surface area contributed by atoms with Gasteiger partial charge in [0, 0.05) is 37.8 Å². The highest BCUT2D eigenvalue weighted by molar-refractivity contribution is 7.18. The van der Waals surface area contributed by atoms with Crippen LogP contribution in [0.25, 0.3) is 0 Å². The Labute approximate surface area is 160 Å². The van der Waals surface area contributed by atoms with E-state index in [9.17, 15) is 9.59 Å². The number of nitrogens with one attached hydrogen (secondary N) is 1. The third-order valence-electron chi connectivity index (χ3n) is 4.07. The number of amides is 1. The zero-order valence-electron chi connectivity index (χ0n) is 14.9. The summed E-state index contributed by atoms with van der Waals surface area (Å²) in [5.41, 5.74) is 0.820. The number of ether oxygens (including phenoxy) is 1. The molecule has 26 heavy (non-hydrogen) atoms. The van der Waals surface area contributed by atoms with Crippen LogP contribution in [-0.4, -0.2) is 61.1 Å². The lowest BCUT2D eigenvalue weighted by molar-refractivity contribution is -0.117. The molecule has 2 aromatic rings. The van der Waals surface area contributed by atoms with Crippen LogP contribution in [0.3, 0.4) is 0 Å². The van der Waals surface area contributed by atoms with Gasteiger partial charge in [0.25, 0.3) is 0 Å². The third-order valence-corrected chi connectivity index (χ3v) is 6.04. The van der Waals surface area contributed by atoms with E-state index in [1.807, 2.05) is 24.6 Å². The molecule has 1 N–H and O–H groups in total. The second kappa shape index (κ2) is 8.61. The molecule has 1 fully saturated rings. The molecule has 0 bridgehead atoms. The average molecular weight is 395 g/mol. The predicted octanol–water partition coefficient (Wildman–Crippen LogP) is 2.45. The lowest BCUT2D eigenvalue weighted by Crippen LogP contribution is -2.48. The molecule has 0 radical (unpaired) electrons. The van der Waals surface area contributed by atoms with Crippen LogP contribution in [0.1, 0.15) is 22.2 Å². The number of hydrogen-bond donors (Lipinski definition) is 1. The number of carbonyl (C=O) groups is 2. The maximum Gasteiger partial charge on any atom is 0.348 e. The van der Waals surface area contributed by atoms with Crippen LogP contribution in [0.15, 0.2) is 17.6 Å². The second-order valence-corrected chi connectivity index (χ2v) is 7.89. The van der Waals surface area contributed by atoms with Crippen molar-refractivity contribution in [3.05, 3.63) is 28.1 Å². The van der Waals surface area contributed by atoms with Crippen molar-refractivity contribution in [3.8, 4) is 0 Å². The van der Waals surface area contributed by atoms with E-state index in [0.717, 1.165) is 36.9 Å². The monoisotopic (exact) mass is 394 g/mol. The van der Waals surface area contributed by atoms with Gasteiger partial charge in [-0.2, -0.15) is 0 Å². The van der Waals surface area contributed by atoms with Crippen molar-refractivity contribution >= 4 is 44.7 Å². The molecule has 0 unspecified atom stereocenters. The van der Waals surface area contributed by atoms with Crippen LogP contribution < -0.4 is 10.2 Å². The van der Waals surface area contributed by atoms with Gasteiger partial charge in [0.05, 0.1) is 18.2 Å². The lowest BCUT2D eigenvalue weighted by Gasteiger charge is -2.34. The standard InChI is InChI=1S/C17H22N4O3S2/c1-3-24-16(23)15-12(2)10-14(26-15)19-13(22)11-20-5-7-21(8-6-20)17-18-4-9-25-17/h4,9-10H,3,5-8,11H2,1-2H3,(H,19,22). The molecule has 1 amide bonds. The summed E-state index contributed by atoms with van der Waals surface area (Å²) in [6.07, 6.45) is 1.81. The zero-order chi connectivity index (χ0) is 18.5. The summed E-state index contributed by atoms with van der Waals surface area (Å²) in [4.78, 5) is 33.4. The van der Waals surface area contributed by atoms with E-state index < -0.39 is 0 Å². The average Bonchev–Trinajstić information content (AvgIpc) is 3.25. The first-order valence-electron chi connectivity index (χ1n) is 8.51. The van der Waals surface area contributed by atoms with Gasteiger partial charge in [-0.1, -0.05) is 0 Å². The van der Waals surface area contributed by atoms with Crippen molar-refractivity contribution in [2.75, 3.05) is 49.5 Å². The number of aromatic nitrogens is 1. The van der Waals surface area contributed by atoms with Gasteiger partial charge in [0.15, 0.2) is 5.13 Å². The minimum Gasteiger partial charge on any atom is -0.462 e. The molecule has 0 spiro atoms. The Morgan fingerprint density at radius 3 is 2.73 bits per heavy atom. The normalized spacial score (nSPS) is 15.1. The molecule has 2 aromatic heterocycles. The molecule has 0 aliphatic carbocycles. The van der Waals surface area contributed by atoms with E-state index in [2.05, 4.69) is 20.1 Å². The molecule has 1 saturated heterocycles. The number of aryl methyl sites for hydroxylation is 1. The van der Waals surface area contributed by atoms with Crippen molar-refractivity contribution in [2.24, 2.45) is 0 Å². The Hall–Kier alpha value is -1.97. The Balaban J connectivity index is 1.49. The molecule has 9 heteroatoms. The Morgan fingerprint density at radius 1 is 1.31 bits per heavy atom. The van der Waals surface area contributed by atoms with Crippen molar-refractivity contribution in [2.45, 2.75) is 13.8 Å². The SMILES string of the molecule is CCOC(=O)c1sc(NC(=O)CN2CCN(c3nccs3)CC2)cc1C. The number of hydrogen-bond acceptors (Lipinski definition) is 8. The molecule has 1 aliphatic rings. The second-order valence-electron chi connectivity index (χ2n) is 5.97. The van der Waals surface area contributed by atoms with Crippen LogP contribution in [0.2, 0.25) is 0 Å². The van der Waals surface area contributed by atoms with Crippen molar-refractivity contribution in [1.29, 1.82) is 0 Å². The van der Waals surface area contributed by atoms with Gasteiger partial charge in [-0.05, 0) is 25.5 Å². The van der Waals surface area contributed by atoms with Gasteiger partial charge >= 0.3 is 5.97 Å². The van der Waals surface area contributed by atoms with Gasteiger partial charge in [0.1, 0.15) is 4.88 Å². The fourth-order valence-electron chi connectivity index (χ4n) is 2.79. The summed E-state index contributed by atoms with van der Waals surface area (Å²) < 4.78 is 5.03. The number of nitrogens with zero attached hydrogens (tertiary/aromatic N) is 3. The Morgan fingerprint density at radius 2 is 2.08 bits per heavy atom. The highest BCUT2D eigenvalue weighted by atomic mass is 32.1. The van der Waals surface area contributed by atoms with Gasteiger partial charge in [0.2, 0.25) is 5.91 Å². The first-order chi connectivity index (χ1) is 12.6. The quantitative estimate of drug-likeness (QED) is 0.759. The number of piperazine rings is 1. The number of carbonyl (C=O) groups excluding carboxylic acids is 2. The summed E-state index contributed by atoms with van der Waals surface area (Å²) in [7, 11) is 0. The van der Waals surface area contributed by atoms with Gasteiger partial charge in [-0.15, -0.1) is 22.7 Å². The van der Waals surface area contributed by atoms with Crippen molar-refractivity contribution in [3.63, 3.8) is 0 Å². The fraction of sp³-hybridized carbons (Fsp3) is 0.471. The number of thiazole rings is 1. The molecule has 1 aliphatic heterocycles. The molecule has 140 valence electrons. The smallest absolute Gasteiger partial charge is 0.348 e. The minimum atomic E-state index is -0.339. The van der Waals surface area contributed by atoms with Crippen molar-refractivity contribution < 1.29 is 14.3 Å². The molecule has 0 saturated carbocycles. The number of anilines is 2. The van der Waals surface area contributed by atoms with Gasteiger partial charge in [-0.25, -0.2) is 9.78 Å². The van der Waals surface area contributed by atoms with Crippen molar-refractivity contribution in [1.82, 2.24) is 9.88 Å². The summed E-state index contributed by atoms with van der Waals surface area (Å²) in [5.74, 6) is -0.404. The van der Waals surface area contributed by atoms with Crippen LogP contribution in [0.5, 0.6) is 0 Å². The molecule has 3 rings (SSSR count). The molecular formula is C17H22N4O3S2. The summed E-state index contributed by atoms with van der Waals surface area (Å²) >= 11 is 2.89. The van der Waals surface area contributed by atoms with E-state index in [-0.39, 0.29) is 11.9 Å². The summed E-state index contributed by atoms with van der Waals surface area (Å²) in [6, 6.07) is 1.81. The van der Waals surface area contributed by atoms with Crippen LogP contribution in [0.4, 0.5) is 10.1 Å². The molecule has 0 aromatic carbocycles. The minimum absolute atomic E-state index is 0.0654. The number of thiophene rings is 1. The molecular weight excluding hydrogens is 372 g/mol. The largest absolute Gasteiger partial charge is 0.462 e. The lowest BCUT2D eigenvalue weighted by atomic mass is 10.3. The highest BCUT2D eigenvalue weighted by Gasteiger charge is 2.21. The fourth-order valence-corrected chi connectivity index (χ4v) is 4.47. The van der Waals surface area contributed by atoms with E-state index in [1.165, 1.54) is 11.3 Å². The van der Waals surface area contributed by atoms with Crippen LogP contribution in [0, 0.1) is 6.92 Å². The van der Waals surface area contributed by atoms with Crippen LogP contribution in [-0.2, 0) is 9.53 Å². The highest BCUT2D eigenvalue weighted by Crippen LogP contribution is 2.27.